The number of rotatable bonds is 1. The van der Waals surface area contributed by atoms with Crippen molar-refractivity contribution in [2.45, 2.75) is 25.7 Å². The van der Waals surface area contributed by atoms with Gasteiger partial charge in [-0.3, -0.25) is 9.59 Å². The van der Waals surface area contributed by atoms with Gasteiger partial charge in [0.05, 0.1) is 11.1 Å². The summed E-state index contributed by atoms with van der Waals surface area (Å²) >= 11 is 0. The Bertz CT molecular complexity index is 1130. The van der Waals surface area contributed by atoms with Gasteiger partial charge in [0.1, 0.15) is 22.8 Å². The molecule has 0 saturated carbocycles. The Balaban J connectivity index is 1.79. The second-order valence-corrected chi connectivity index (χ2v) is 6.87. The smallest absolute Gasteiger partial charge is 0.236 e. The number of aromatic nitrogens is 1. The summed E-state index contributed by atoms with van der Waals surface area (Å²) in [6, 6.07) is 8.93. The Kier molecular flexibility index (Phi) is 3.25. The minimum Gasteiger partial charge on any atom is -0.507 e. The van der Waals surface area contributed by atoms with Gasteiger partial charge in [-0.1, -0.05) is 35.5 Å². The van der Waals surface area contributed by atoms with E-state index in [1.807, 2.05) is 6.07 Å². The van der Waals surface area contributed by atoms with Gasteiger partial charge in [0.25, 0.3) is 0 Å². The SMILES string of the molecule is O=C1c2onc(-c3ccccc3)c2C(=O)c2c(O)c3c(c(O)c21)CCCC3. The van der Waals surface area contributed by atoms with Crippen LogP contribution >= 0.6 is 0 Å². The number of hydrogen-bond donors (Lipinski definition) is 2. The average molecular weight is 361 g/mol. The van der Waals surface area contributed by atoms with Crippen LogP contribution in [0, 0.1) is 0 Å². The molecular formula is C21H15NO5. The van der Waals surface area contributed by atoms with Crippen molar-refractivity contribution in [1.29, 1.82) is 0 Å². The van der Waals surface area contributed by atoms with Gasteiger partial charge in [-0.25, -0.2) is 0 Å². The number of benzene rings is 2. The summed E-state index contributed by atoms with van der Waals surface area (Å²) in [7, 11) is 0. The molecule has 2 aliphatic rings. The number of aromatic hydroxyl groups is 2. The van der Waals surface area contributed by atoms with Gasteiger partial charge in [-0.05, 0) is 25.7 Å². The van der Waals surface area contributed by atoms with E-state index in [0.717, 1.165) is 12.8 Å². The van der Waals surface area contributed by atoms with Crippen LogP contribution < -0.4 is 0 Å². The molecule has 6 heteroatoms. The maximum atomic E-state index is 13.2. The van der Waals surface area contributed by atoms with Crippen LogP contribution in [0.25, 0.3) is 11.3 Å². The zero-order chi connectivity index (χ0) is 18.7. The van der Waals surface area contributed by atoms with E-state index in [9.17, 15) is 19.8 Å². The van der Waals surface area contributed by atoms with Crippen LogP contribution in [0.2, 0.25) is 0 Å². The third-order valence-electron chi connectivity index (χ3n) is 5.39. The topological polar surface area (TPSA) is 101 Å². The summed E-state index contributed by atoms with van der Waals surface area (Å²) in [5, 5.41) is 25.4. The molecule has 0 aliphatic heterocycles. The van der Waals surface area contributed by atoms with Gasteiger partial charge in [-0.15, -0.1) is 0 Å². The molecule has 0 unspecified atom stereocenters. The minimum absolute atomic E-state index is 0.0316. The maximum absolute atomic E-state index is 13.2. The first-order chi connectivity index (χ1) is 13.1. The maximum Gasteiger partial charge on any atom is 0.236 e. The highest BCUT2D eigenvalue weighted by Gasteiger charge is 2.42. The van der Waals surface area contributed by atoms with Gasteiger partial charge < -0.3 is 14.7 Å². The van der Waals surface area contributed by atoms with Gasteiger partial charge in [-0.2, -0.15) is 0 Å². The quantitative estimate of drug-likeness (QED) is 0.504. The normalized spacial score (nSPS) is 15.3. The third-order valence-corrected chi connectivity index (χ3v) is 5.39. The van der Waals surface area contributed by atoms with Crippen molar-refractivity contribution >= 4 is 11.6 Å². The van der Waals surface area contributed by atoms with Gasteiger partial charge in [0, 0.05) is 16.7 Å². The van der Waals surface area contributed by atoms with Crippen LogP contribution in [0.4, 0.5) is 0 Å². The molecule has 27 heavy (non-hydrogen) atoms. The largest absolute Gasteiger partial charge is 0.507 e. The molecule has 2 N–H and O–H groups in total. The molecule has 1 heterocycles. The van der Waals surface area contributed by atoms with Gasteiger partial charge >= 0.3 is 0 Å². The molecule has 0 fully saturated rings. The molecule has 2 aliphatic carbocycles. The predicted molar refractivity (Wildman–Crippen MR) is 95.2 cm³/mol. The van der Waals surface area contributed by atoms with E-state index in [-0.39, 0.29) is 39.6 Å². The lowest BCUT2D eigenvalue weighted by molar-refractivity contribution is 0.0949. The van der Waals surface area contributed by atoms with E-state index in [4.69, 9.17) is 4.52 Å². The summed E-state index contributed by atoms with van der Waals surface area (Å²) in [5.74, 6) is -1.81. The second-order valence-electron chi connectivity index (χ2n) is 6.87. The molecule has 0 spiro atoms. The van der Waals surface area contributed by atoms with Crippen LogP contribution in [0.3, 0.4) is 0 Å². The summed E-state index contributed by atoms with van der Waals surface area (Å²) in [4.78, 5) is 26.2. The number of phenolic OH excluding ortho intramolecular Hbond substituents is 2. The van der Waals surface area contributed by atoms with Crippen molar-refractivity contribution in [3.63, 3.8) is 0 Å². The summed E-state index contributed by atoms with van der Waals surface area (Å²) < 4.78 is 5.21. The van der Waals surface area contributed by atoms with Crippen molar-refractivity contribution in [2.24, 2.45) is 0 Å². The van der Waals surface area contributed by atoms with Crippen molar-refractivity contribution in [3.05, 3.63) is 63.9 Å². The molecule has 0 atom stereocenters. The average Bonchev–Trinajstić information content (AvgIpc) is 3.15. The second kappa shape index (κ2) is 5.54. The molecule has 134 valence electrons. The van der Waals surface area contributed by atoms with Gasteiger partial charge in [0.15, 0.2) is 0 Å². The first-order valence-corrected chi connectivity index (χ1v) is 8.83. The van der Waals surface area contributed by atoms with Crippen LogP contribution in [0.5, 0.6) is 11.5 Å². The monoisotopic (exact) mass is 361 g/mol. The number of carbonyl (C=O) groups excluding carboxylic acids is 2. The first kappa shape index (κ1) is 15.8. The van der Waals surface area contributed by atoms with Crippen molar-refractivity contribution in [1.82, 2.24) is 5.16 Å². The number of phenols is 2. The molecule has 5 rings (SSSR count). The predicted octanol–water partition coefficient (Wildman–Crippen LogP) is 3.41. The highest BCUT2D eigenvalue weighted by Crippen LogP contribution is 2.46. The molecule has 0 amide bonds. The molecule has 3 aromatic rings. The Morgan fingerprint density at radius 3 is 2.04 bits per heavy atom. The van der Waals surface area contributed by atoms with Crippen molar-refractivity contribution in [2.75, 3.05) is 0 Å². The van der Waals surface area contributed by atoms with Gasteiger partial charge in [0.2, 0.25) is 17.3 Å². The fourth-order valence-corrected chi connectivity index (χ4v) is 4.10. The Labute approximate surface area is 154 Å². The van der Waals surface area contributed by atoms with E-state index in [1.54, 1.807) is 24.3 Å². The fourth-order valence-electron chi connectivity index (χ4n) is 4.10. The van der Waals surface area contributed by atoms with Crippen LogP contribution in [-0.2, 0) is 12.8 Å². The third kappa shape index (κ3) is 2.04. The number of fused-ring (bicyclic) bond motifs is 3. The molecule has 0 saturated heterocycles. The van der Waals surface area contributed by atoms with Crippen LogP contribution in [-0.4, -0.2) is 26.9 Å². The van der Waals surface area contributed by atoms with Crippen LogP contribution in [0.1, 0.15) is 56.0 Å². The zero-order valence-electron chi connectivity index (χ0n) is 14.3. The molecule has 6 nitrogen and oxygen atoms in total. The fraction of sp³-hybridized carbons (Fsp3) is 0.190. The highest BCUT2D eigenvalue weighted by molar-refractivity contribution is 6.31. The van der Waals surface area contributed by atoms with Crippen LogP contribution in [0.15, 0.2) is 34.9 Å². The zero-order valence-corrected chi connectivity index (χ0v) is 14.3. The van der Waals surface area contributed by atoms with E-state index in [0.29, 0.717) is 29.5 Å². The Morgan fingerprint density at radius 1 is 0.815 bits per heavy atom. The molecule has 1 aromatic heterocycles. The lowest BCUT2D eigenvalue weighted by Crippen LogP contribution is -2.22. The molecular weight excluding hydrogens is 346 g/mol. The Hall–Kier alpha value is -3.41. The highest BCUT2D eigenvalue weighted by atomic mass is 16.5. The van der Waals surface area contributed by atoms with Crippen molar-refractivity contribution in [3.8, 4) is 22.8 Å². The molecule has 0 bridgehead atoms. The standard InChI is InChI=1S/C21H15NO5/c23-17-11-8-4-5-9-12(11)18(24)14-13(17)19(25)15-16(10-6-2-1-3-7-10)22-27-21(15)20(14)26/h1-3,6-7,23-24H,4-5,8-9H2. The Morgan fingerprint density at radius 2 is 1.41 bits per heavy atom. The minimum atomic E-state index is -0.629. The number of nitrogens with zero attached hydrogens (tertiary/aromatic N) is 1. The van der Waals surface area contributed by atoms with E-state index < -0.39 is 11.6 Å². The summed E-state index contributed by atoms with van der Waals surface area (Å²) in [5.41, 5.74) is 1.70. The number of carbonyl (C=O) groups is 2. The lowest BCUT2D eigenvalue weighted by Gasteiger charge is -2.24. The summed E-state index contributed by atoms with van der Waals surface area (Å²) in [6.07, 6.45) is 2.83. The van der Waals surface area contributed by atoms with E-state index in [1.165, 1.54) is 0 Å². The summed E-state index contributed by atoms with van der Waals surface area (Å²) in [6.45, 7) is 0. The lowest BCUT2D eigenvalue weighted by atomic mass is 9.79. The molecule has 0 radical (unpaired) electrons. The van der Waals surface area contributed by atoms with E-state index in [2.05, 4.69) is 5.16 Å². The van der Waals surface area contributed by atoms with Crippen molar-refractivity contribution < 1.29 is 24.3 Å². The number of hydrogen-bond acceptors (Lipinski definition) is 6. The van der Waals surface area contributed by atoms with E-state index >= 15 is 0 Å². The number of ketones is 2. The molecule has 2 aromatic carbocycles. The first-order valence-electron chi connectivity index (χ1n) is 8.83.